The molecule has 0 spiro atoms. The Morgan fingerprint density at radius 3 is 2.52 bits per heavy atom. The van der Waals surface area contributed by atoms with Gasteiger partial charge in [-0.1, -0.05) is 22.9 Å². The predicted octanol–water partition coefficient (Wildman–Crippen LogP) is 3.75. The Bertz CT molecular complexity index is 491. The summed E-state index contributed by atoms with van der Waals surface area (Å²) in [6, 6.07) is 4.18. The second kappa shape index (κ2) is 9.50. The van der Waals surface area contributed by atoms with Gasteiger partial charge < -0.3 is 9.47 Å². The number of hydrogen-bond acceptors (Lipinski definition) is 4. The first-order valence-electron chi connectivity index (χ1n) is 6.78. The summed E-state index contributed by atoms with van der Waals surface area (Å²) in [7, 11) is 0. The largest absolute Gasteiger partial charge is 0.466 e. The number of carbonyl (C=O) groups excluding carboxylic acids is 2. The van der Waals surface area contributed by atoms with Crippen LogP contribution in [0.2, 0.25) is 0 Å². The van der Waals surface area contributed by atoms with Crippen molar-refractivity contribution in [3.8, 4) is 0 Å². The Labute approximate surface area is 131 Å². The summed E-state index contributed by atoms with van der Waals surface area (Å²) >= 11 is 3.26. The lowest BCUT2D eigenvalue weighted by atomic mass is 10.2. The van der Waals surface area contributed by atoms with E-state index in [1.165, 1.54) is 12.1 Å². The van der Waals surface area contributed by atoms with Crippen molar-refractivity contribution >= 4 is 27.9 Å². The molecule has 0 saturated carbocycles. The van der Waals surface area contributed by atoms with E-state index in [4.69, 9.17) is 9.47 Å². The zero-order valence-electron chi connectivity index (χ0n) is 11.9. The molecule has 6 heteroatoms. The van der Waals surface area contributed by atoms with Crippen molar-refractivity contribution in [2.45, 2.75) is 39.2 Å². The van der Waals surface area contributed by atoms with Crippen molar-refractivity contribution in [1.82, 2.24) is 0 Å². The molecule has 0 bridgehead atoms. The minimum absolute atomic E-state index is 0.00252. The van der Waals surface area contributed by atoms with Crippen molar-refractivity contribution in [2.24, 2.45) is 0 Å². The van der Waals surface area contributed by atoms with E-state index in [9.17, 15) is 14.0 Å². The summed E-state index contributed by atoms with van der Waals surface area (Å²) in [5.74, 6) is -1.12. The number of halogens is 2. The fourth-order valence-corrected chi connectivity index (χ4v) is 1.91. The van der Waals surface area contributed by atoms with Crippen molar-refractivity contribution in [2.75, 3.05) is 6.61 Å². The van der Waals surface area contributed by atoms with E-state index in [0.29, 0.717) is 23.1 Å². The average Bonchev–Trinajstić information content (AvgIpc) is 2.46. The summed E-state index contributed by atoms with van der Waals surface area (Å²) in [6.07, 6.45) is 1.48. The number of benzene rings is 1. The molecule has 4 nitrogen and oxygen atoms in total. The van der Waals surface area contributed by atoms with Gasteiger partial charge in [-0.15, -0.1) is 0 Å². The lowest BCUT2D eigenvalue weighted by molar-refractivity contribution is -0.146. The van der Waals surface area contributed by atoms with Gasteiger partial charge in [0.25, 0.3) is 0 Å². The Morgan fingerprint density at radius 1 is 1.19 bits per heavy atom. The standard InChI is InChI=1S/C15H18BrFO4/c1-2-8-20-14(18)4-3-5-15(19)21-10-11-9-12(17)6-7-13(11)16/h6-7,9H,2-5,8,10H2,1H3. The Kier molecular flexibility index (Phi) is 7.97. The summed E-state index contributed by atoms with van der Waals surface area (Å²) in [5, 5.41) is 0. The number of carbonyl (C=O) groups is 2. The van der Waals surface area contributed by atoms with Gasteiger partial charge in [0.05, 0.1) is 6.61 Å². The van der Waals surface area contributed by atoms with Crippen LogP contribution in [0.4, 0.5) is 4.39 Å². The first kappa shape index (κ1) is 17.6. The fraction of sp³-hybridized carbons (Fsp3) is 0.467. The van der Waals surface area contributed by atoms with Crippen LogP contribution < -0.4 is 0 Å². The second-order valence-corrected chi connectivity index (χ2v) is 5.32. The maximum absolute atomic E-state index is 13.1. The normalized spacial score (nSPS) is 10.2. The Hall–Kier alpha value is -1.43. The lowest BCUT2D eigenvalue weighted by Crippen LogP contribution is -2.08. The molecule has 0 N–H and O–H groups in total. The van der Waals surface area contributed by atoms with Crippen molar-refractivity contribution in [1.29, 1.82) is 0 Å². The van der Waals surface area contributed by atoms with Crippen LogP contribution in [0.3, 0.4) is 0 Å². The molecule has 116 valence electrons. The van der Waals surface area contributed by atoms with Crippen LogP contribution in [0.1, 0.15) is 38.2 Å². The SMILES string of the molecule is CCCOC(=O)CCCC(=O)OCc1cc(F)ccc1Br. The molecule has 1 rings (SSSR count). The number of ether oxygens (including phenoxy) is 2. The monoisotopic (exact) mass is 360 g/mol. The van der Waals surface area contributed by atoms with Crippen LogP contribution in [0.15, 0.2) is 22.7 Å². The third kappa shape index (κ3) is 7.22. The molecule has 0 unspecified atom stereocenters. The van der Waals surface area contributed by atoms with Gasteiger partial charge in [-0.3, -0.25) is 9.59 Å². The molecule has 21 heavy (non-hydrogen) atoms. The van der Waals surface area contributed by atoms with Crippen molar-refractivity contribution in [3.63, 3.8) is 0 Å². The van der Waals surface area contributed by atoms with Gasteiger partial charge in [-0.05, 0) is 31.0 Å². The molecular formula is C15H18BrFO4. The van der Waals surface area contributed by atoms with Gasteiger partial charge in [0.2, 0.25) is 0 Å². The third-order valence-electron chi connectivity index (χ3n) is 2.63. The molecule has 0 aliphatic carbocycles. The predicted molar refractivity (Wildman–Crippen MR) is 79.0 cm³/mol. The second-order valence-electron chi connectivity index (χ2n) is 4.47. The Morgan fingerprint density at radius 2 is 1.86 bits per heavy atom. The highest BCUT2D eigenvalue weighted by Gasteiger charge is 2.09. The van der Waals surface area contributed by atoms with E-state index in [2.05, 4.69) is 15.9 Å². The molecule has 0 aliphatic rings. The van der Waals surface area contributed by atoms with E-state index < -0.39 is 5.97 Å². The number of rotatable bonds is 8. The Balaban J connectivity index is 2.25. The minimum atomic E-state index is -0.422. The molecule has 0 atom stereocenters. The van der Waals surface area contributed by atoms with Crippen molar-refractivity contribution in [3.05, 3.63) is 34.1 Å². The molecule has 0 fully saturated rings. The average molecular weight is 361 g/mol. The van der Waals surface area contributed by atoms with Crippen molar-refractivity contribution < 1.29 is 23.5 Å². The van der Waals surface area contributed by atoms with E-state index >= 15 is 0 Å². The zero-order chi connectivity index (χ0) is 15.7. The molecule has 0 heterocycles. The minimum Gasteiger partial charge on any atom is -0.466 e. The van der Waals surface area contributed by atoms with Crippen LogP contribution in [0, 0.1) is 5.82 Å². The zero-order valence-corrected chi connectivity index (χ0v) is 13.4. The molecule has 1 aromatic carbocycles. The highest BCUT2D eigenvalue weighted by molar-refractivity contribution is 9.10. The van der Waals surface area contributed by atoms with Crippen LogP contribution in [0.25, 0.3) is 0 Å². The summed E-state index contributed by atoms with van der Waals surface area (Å²) < 4.78 is 23.7. The lowest BCUT2D eigenvalue weighted by Gasteiger charge is -2.07. The van der Waals surface area contributed by atoms with E-state index in [-0.39, 0.29) is 31.2 Å². The first-order valence-corrected chi connectivity index (χ1v) is 7.57. The highest BCUT2D eigenvalue weighted by Crippen LogP contribution is 2.19. The van der Waals surface area contributed by atoms with Gasteiger partial charge in [0.1, 0.15) is 12.4 Å². The fourth-order valence-electron chi connectivity index (χ4n) is 1.55. The molecular weight excluding hydrogens is 343 g/mol. The third-order valence-corrected chi connectivity index (χ3v) is 3.40. The van der Waals surface area contributed by atoms with E-state index in [1.807, 2.05) is 6.92 Å². The first-order chi connectivity index (χ1) is 10.0. The summed E-state index contributed by atoms with van der Waals surface area (Å²) in [5.41, 5.74) is 0.561. The number of hydrogen-bond donors (Lipinski definition) is 0. The summed E-state index contributed by atoms with van der Waals surface area (Å²) in [6.45, 7) is 2.31. The molecule has 0 aromatic heterocycles. The smallest absolute Gasteiger partial charge is 0.306 e. The van der Waals surface area contributed by atoms with Gasteiger partial charge in [0.15, 0.2) is 0 Å². The van der Waals surface area contributed by atoms with Gasteiger partial charge >= 0.3 is 11.9 Å². The van der Waals surface area contributed by atoms with Gasteiger partial charge in [-0.2, -0.15) is 0 Å². The van der Waals surface area contributed by atoms with Crippen LogP contribution in [0.5, 0.6) is 0 Å². The van der Waals surface area contributed by atoms with Gasteiger partial charge in [-0.25, -0.2) is 4.39 Å². The molecule has 0 amide bonds. The highest BCUT2D eigenvalue weighted by atomic mass is 79.9. The maximum Gasteiger partial charge on any atom is 0.306 e. The molecule has 0 saturated heterocycles. The quantitative estimate of drug-likeness (QED) is 0.662. The van der Waals surface area contributed by atoms with Gasteiger partial charge in [0, 0.05) is 22.9 Å². The topological polar surface area (TPSA) is 52.6 Å². The van der Waals surface area contributed by atoms with Crippen LogP contribution >= 0.6 is 15.9 Å². The van der Waals surface area contributed by atoms with Crippen LogP contribution in [-0.4, -0.2) is 18.5 Å². The van der Waals surface area contributed by atoms with Crippen LogP contribution in [-0.2, 0) is 25.7 Å². The van der Waals surface area contributed by atoms with E-state index in [0.717, 1.165) is 6.42 Å². The molecule has 1 aromatic rings. The number of esters is 2. The molecule has 0 aliphatic heterocycles. The molecule has 0 radical (unpaired) electrons. The summed E-state index contributed by atoms with van der Waals surface area (Å²) in [4.78, 5) is 22.7. The van der Waals surface area contributed by atoms with E-state index in [1.54, 1.807) is 6.07 Å². The maximum atomic E-state index is 13.1.